The zero-order valence-corrected chi connectivity index (χ0v) is 22.2. The molecule has 5 nitrogen and oxygen atoms in total. The lowest BCUT2D eigenvalue weighted by Crippen LogP contribution is -2.27. The third kappa shape index (κ3) is 5.59. The van der Waals surface area contributed by atoms with Gasteiger partial charge in [-0.1, -0.05) is 47.5 Å². The number of hydrogen-bond acceptors (Lipinski definition) is 5. The summed E-state index contributed by atoms with van der Waals surface area (Å²) in [6.07, 6.45) is 1.70. The number of hydrogen-bond donors (Lipinski definition) is 0. The molecule has 0 unspecified atom stereocenters. The van der Waals surface area contributed by atoms with E-state index in [1.54, 1.807) is 30.3 Å². The molecule has 1 aliphatic heterocycles. The number of nitrogens with zero attached hydrogens (tertiary/aromatic N) is 1. The Kier molecular flexibility index (Phi) is 7.85. The molecular formula is C26H21ClINO4S. The van der Waals surface area contributed by atoms with E-state index in [0.29, 0.717) is 40.3 Å². The minimum atomic E-state index is -0.384. The van der Waals surface area contributed by atoms with Crippen molar-refractivity contribution in [2.45, 2.75) is 20.5 Å². The first-order chi connectivity index (χ1) is 16.4. The maximum atomic E-state index is 13.0. The molecule has 1 aliphatic rings. The Morgan fingerprint density at radius 2 is 1.82 bits per heavy atom. The van der Waals surface area contributed by atoms with E-state index in [9.17, 15) is 9.59 Å². The Morgan fingerprint density at radius 1 is 1.06 bits per heavy atom. The summed E-state index contributed by atoms with van der Waals surface area (Å²) in [4.78, 5) is 27.0. The van der Waals surface area contributed by atoms with Gasteiger partial charge in [-0.25, -0.2) is 4.90 Å². The fraction of sp³-hybridized carbons (Fsp3) is 0.154. The number of ether oxygens (including phenoxy) is 2. The van der Waals surface area contributed by atoms with Gasteiger partial charge in [0.15, 0.2) is 11.5 Å². The van der Waals surface area contributed by atoms with Gasteiger partial charge in [0.25, 0.3) is 11.1 Å². The molecule has 0 aliphatic carbocycles. The average molecular weight is 606 g/mol. The summed E-state index contributed by atoms with van der Waals surface area (Å²) in [5.41, 5.74) is 3.44. The molecule has 0 bridgehead atoms. The third-order valence-electron chi connectivity index (χ3n) is 4.99. The van der Waals surface area contributed by atoms with Crippen molar-refractivity contribution in [1.29, 1.82) is 0 Å². The lowest BCUT2D eigenvalue weighted by Gasteiger charge is -2.15. The van der Waals surface area contributed by atoms with E-state index >= 15 is 0 Å². The molecule has 1 fully saturated rings. The van der Waals surface area contributed by atoms with Gasteiger partial charge >= 0.3 is 0 Å². The van der Waals surface area contributed by atoms with Crippen molar-refractivity contribution in [2.24, 2.45) is 0 Å². The van der Waals surface area contributed by atoms with Crippen molar-refractivity contribution in [3.8, 4) is 11.5 Å². The Labute approximate surface area is 221 Å². The summed E-state index contributed by atoms with van der Waals surface area (Å²) in [7, 11) is 0. The minimum absolute atomic E-state index is 0.330. The zero-order chi connectivity index (χ0) is 24.2. The zero-order valence-electron chi connectivity index (χ0n) is 18.5. The highest BCUT2D eigenvalue weighted by atomic mass is 127. The average Bonchev–Trinajstić information content (AvgIpc) is 3.07. The van der Waals surface area contributed by atoms with Crippen LogP contribution in [0.2, 0.25) is 5.02 Å². The molecule has 174 valence electrons. The van der Waals surface area contributed by atoms with Gasteiger partial charge in [-0.2, -0.15) is 0 Å². The van der Waals surface area contributed by atoms with Gasteiger partial charge in [-0.05, 0) is 95.7 Å². The molecule has 3 aromatic rings. The summed E-state index contributed by atoms with van der Waals surface area (Å²) in [5, 5.41) is 0.0916. The summed E-state index contributed by atoms with van der Waals surface area (Å²) in [5.74, 6) is 0.846. The predicted molar refractivity (Wildman–Crippen MR) is 146 cm³/mol. The van der Waals surface area contributed by atoms with Crippen LogP contribution >= 0.6 is 46.0 Å². The van der Waals surface area contributed by atoms with E-state index in [4.69, 9.17) is 21.1 Å². The number of thioether (sulfide) groups is 1. The Hall–Kier alpha value is -2.49. The molecule has 4 rings (SSSR count). The first-order valence-electron chi connectivity index (χ1n) is 10.5. The normalized spacial score (nSPS) is 14.7. The van der Waals surface area contributed by atoms with Crippen LogP contribution in [-0.2, 0) is 11.4 Å². The first kappa shape index (κ1) is 24.6. The molecule has 0 saturated carbocycles. The molecule has 0 atom stereocenters. The lowest BCUT2D eigenvalue weighted by atomic mass is 10.1. The van der Waals surface area contributed by atoms with Gasteiger partial charge < -0.3 is 9.47 Å². The topological polar surface area (TPSA) is 55.8 Å². The van der Waals surface area contributed by atoms with Crippen LogP contribution in [0.15, 0.2) is 65.6 Å². The molecule has 0 aromatic heterocycles. The van der Waals surface area contributed by atoms with E-state index in [1.165, 1.54) is 5.56 Å². The highest BCUT2D eigenvalue weighted by Crippen LogP contribution is 2.39. The van der Waals surface area contributed by atoms with Gasteiger partial charge in [-0.15, -0.1) is 0 Å². The highest BCUT2D eigenvalue weighted by molar-refractivity contribution is 14.1. The fourth-order valence-corrected chi connectivity index (χ4v) is 5.18. The maximum Gasteiger partial charge on any atom is 0.298 e. The summed E-state index contributed by atoms with van der Waals surface area (Å²) < 4.78 is 12.8. The number of benzene rings is 3. The molecule has 8 heteroatoms. The molecule has 2 amide bonds. The monoisotopic (exact) mass is 605 g/mol. The Bertz CT molecular complexity index is 1280. The van der Waals surface area contributed by atoms with Crippen molar-refractivity contribution in [2.75, 3.05) is 11.5 Å². The molecule has 1 saturated heterocycles. The third-order valence-corrected chi connectivity index (χ3v) is 6.90. The SMILES string of the molecule is CCOc1cc(/C=C2/SC(=O)N(c3cccc(Cl)c3)C2=O)cc(I)c1OCc1ccc(C)cc1. The van der Waals surface area contributed by atoms with Crippen LogP contribution in [0.3, 0.4) is 0 Å². The van der Waals surface area contributed by atoms with E-state index in [2.05, 4.69) is 22.6 Å². The van der Waals surface area contributed by atoms with Crippen LogP contribution in [0.5, 0.6) is 11.5 Å². The van der Waals surface area contributed by atoms with Crippen molar-refractivity contribution in [3.63, 3.8) is 0 Å². The molecule has 0 spiro atoms. The summed E-state index contributed by atoms with van der Waals surface area (Å²) in [6.45, 7) is 4.82. The number of rotatable bonds is 7. The largest absolute Gasteiger partial charge is 0.490 e. The van der Waals surface area contributed by atoms with Crippen molar-refractivity contribution in [3.05, 3.63) is 90.9 Å². The van der Waals surface area contributed by atoms with E-state index in [-0.39, 0.29) is 11.1 Å². The van der Waals surface area contributed by atoms with Gasteiger partial charge in [0.2, 0.25) is 0 Å². The van der Waals surface area contributed by atoms with Crippen LogP contribution in [0.25, 0.3) is 6.08 Å². The van der Waals surface area contributed by atoms with E-state index in [1.807, 2.05) is 50.2 Å². The van der Waals surface area contributed by atoms with E-state index in [0.717, 1.165) is 31.4 Å². The van der Waals surface area contributed by atoms with E-state index < -0.39 is 0 Å². The van der Waals surface area contributed by atoms with Crippen molar-refractivity contribution >= 4 is 68.9 Å². The predicted octanol–water partition coefficient (Wildman–Crippen LogP) is 7.47. The highest BCUT2D eigenvalue weighted by Gasteiger charge is 2.36. The first-order valence-corrected chi connectivity index (χ1v) is 12.8. The standard InChI is InChI=1S/C26H21ClINO4S/c1-3-32-22-12-18(11-21(28)24(22)33-15-17-9-7-16(2)8-10-17)13-23-25(30)29(26(31)34-23)20-6-4-5-19(27)14-20/h4-14H,3,15H2,1-2H3/b23-13+. The number of aryl methyl sites for hydroxylation is 1. The number of imide groups is 1. The van der Waals surface area contributed by atoms with Crippen LogP contribution in [0, 0.1) is 10.5 Å². The molecular weight excluding hydrogens is 585 g/mol. The fourth-order valence-electron chi connectivity index (χ4n) is 3.37. The maximum absolute atomic E-state index is 13.0. The quantitative estimate of drug-likeness (QED) is 0.207. The Balaban J connectivity index is 1.60. The number of carbonyl (C=O) groups is 2. The molecule has 34 heavy (non-hydrogen) atoms. The summed E-state index contributed by atoms with van der Waals surface area (Å²) >= 11 is 9.13. The number of carbonyl (C=O) groups excluding carboxylic acids is 2. The molecule has 3 aromatic carbocycles. The smallest absolute Gasteiger partial charge is 0.298 e. The lowest BCUT2D eigenvalue weighted by molar-refractivity contribution is -0.113. The van der Waals surface area contributed by atoms with Crippen molar-refractivity contribution < 1.29 is 19.1 Å². The van der Waals surface area contributed by atoms with Crippen LogP contribution in [-0.4, -0.2) is 17.8 Å². The second-order valence-corrected chi connectivity index (χ2v) is 10.1. The van der Waals surface area contributed by atoms with Gasteiger partial charge in [0, 0.05) is 5.02 Å². The molecule has 1 heterocycles. The van der Waals surface area contributed by atoms with Crippen LogP contribution in [0.4, 0.5) is 10.5 Å². The Morgan fingerprint density at radius 3 is 2.53 bits per heavy atom. The molecule has 0 N–H and O–H groups in total. The number of amides is 2. The number of anilines is 1. The second kappa shape index (κ2) is 10.8. The van der Waals surface area contributed by atoms with Crippen molar-refractivity contribution in [1.82, 2.24) is 0 Å². The van der Waals surface area contributed by atoms with Gasteiger partial charge in [0.05, 0.1) is 20.8 Å². The van der Waals surface area contributed by atoms with Gasteiger partial charge in [-0.3, -0.25) is 9.59 Å². The van der Waals surface area contributed by atoms with Gasteiger partial charge in [0.1, 0.15) is 6.61 Å². The van der Waals surface area contributed by atoms with Crippen LogP contribution < -0.4 is 14.4 Å². The number of halogens is 2. The van der Waals surface area contributed by atoms with Crippen LogP contribution in [0.1, 0.15) is 23.6 Å². The molecule has 0 radical (unpaired) electrons. The second-order valence-electron chi connectivity index (χ2n) is 7.53. The summed E-state index contributed by atoms with van der Waals surface area (Å²) in [6, 6.07) is 18.6. The minimum Gasteiger partial charge on any atom is -0.490 e.